The van der Waals surface area contributed by atoms with Crippen LogP contribution in [-0.4, -0.2) is 34.7 Å². The lowest BCUT2D eigenvalue weighted by Gasteiger charge is -2.25. The van der Waals surface area contributed by atoms with E-state index >= 15 is 0 Å². The van der Waals surface area contributed by atoms with Crippen LogP contribution in [0.5, 0.6) is 5.75 Å². The van der Waals surface area contributed by atoms with Crippen LogP contribution in [0, 0.1) is 0 Å². The Morgan fingerprint density at radius 3 is 2.73 bits per heavy atom. The minimum Gasteiger partial charge on any atom is -0.497 e. The lowest BCUT2D eigenvalue weighted by molar-refractivity contribution is 0.0460. The van der Waals surface area contributed by atoms with Crippen LogP contribution in [0.2, 0.25) is 0 Å². The average Bonchev–Trinajstić information content (AvgIpc) is 3.02. The molecule has 7 heteroatoms. The van der Waals surface area contributed by atoms with Crippen molar-refractivity contribution >= 4 is 5.91 Å². The van der Waals surface area contributed by atoms with Crippen molar-refractivity contribution in [1.82, 2.24) is 14.7 Å². The van der Waals surface area contributed by atoms with Crippen molar-refractivity contribution in [1.29, 1.82) is 0 Å². The number of alkyl halides is 2. The SMILES string of the molecule is COc1cccc([C@@H](C)N(C)C(=O)c2ccnn2C(F)F)c1. The van der Waals surface area contributed by atoms with Crippen LogP contribution in [0.4, 0.5) is 8.78 Å². The fraction of sp³-hybridized carbons (Fsp3) is 0.333. The van der Waals surface area contributed by atoms with Gasteiger partial charge in [0.25, 0.3) is 5.91 Å². The van der Waals surface area contributed by atoms with Crippen molar-refractivity contribution in [3.05, 3.63) is 47.8 Å². The number of carbonyl (C=O) groups is 1. The van der Waals surface area contributed by atoms with Gasteiger partial charge in [-0.15, -0.1) is 0 Å². The Balaban J connectivity index is 2.24. The number of halogens is 2. The quantitative estimate of drug-likeness (QED) is 0.852. The molecule has 5 nitrogen and oxygen atoms in total. The van der Waals surface area contributed by atoms with Gasteiger partial charge >= 0.3 is 6.55 Å². The van der Waals surface area contributed by atoms with E-state index in [2.05, 4.69) is 5.10 Å². The Hall–Kier alpha value is -2.44. The first-order chi connectivity index (χ1) is 10.5. The van der Waals surface area contributed by atoms with Crippen molar-refractivity contribution in [2.75, 3.05) is 14.2 Å². The summed E-state index contributed by atoms with van der Waals surface area (Å²) >= 11 is 0. The molecule has 0 saturated carbocycles. The lowest BCUT2D eigenvalue weighted by Crippen LogP contribution is -2.31. The molecule has 0 fully saturated rings. The molecule has 118 valence electrons. The number of aromatic nitrogens is 2. The molecule has 0 unspecified atom stereocenters. The van der Waals surface area contributed by atoms with Gasteiger partial charge in [0.2, 0.25) is 0 Å². The summed E-state index contributed by atoms with van der Waals surface area (Å²) in [6, 6.07) is 8.24. The first-order valence-electron chi connectivity index (χ1n) is 6.68. The Kier molecular flexibility index (Phi) is 4.75. The minimum absolute atomic E-state index is 0.146. The summed E-state index contributed by atoms with van der Waals surface area (Å²) in [5, 5.41) is 3.48. The molecule has 0 aliphatic heterocycles. The van der Waals surface area contributed by atoms with Crippen molar-refractivity contribution in [3.8, 4) is 5.75 Å². The molecule has 1 atom stereocenters. The molecule has 0 radical (unpaired) electrons. The van der Waals surface area contributed by atoms with Crippen molar-refractivity contribution in [2.24, 2.45) is 0 Å². The Bertz CT molecular complexity index is 658. The zero-order chi connectivity index (χ0) is 16.3. The second-order valence-electron chi connectivity index (χ2n) is 4.81. The van der Waals surface area contributed by atoms with Crippen LogP contribution in [0.15, 0.2) is 36.5 Å². The van der Waals surface area contributed by atoms with Crippen LogP contribution >= 0.6 is 0 Å². The van der Waals surface area contributed by atoms with Gasteiger partial charge in [0, 0.05) is 13.2 Å². The van der Waals surface area contributed by atoms with Crippen LogP contribution in [0.25, 0.3) is 0 Å². The third kappa shape index (κ3) is 3.08. The molecule has 1 amide bonds. The molecule has 1 heterocycles. The smallest absolute Gasteiger partial charge is 0.333 e. The molecular formula is C15H17F2N3O2. The highest BCUT2D eigenvalue weighted by Crippen LogP contribution is 2.24. The molecule has 1 aromatic carbocycles. The topological polar surface area (TPSA) is 47.4 Å². The second-order valence-corrected chi connectivity index (χ2v) is 4.81. The molecule has 0 aliphatic rings. The number of hydrogen-bond acceptors (Lipinski definition) is 3. The molecule has 0 aliphatic carbocycles. The molecule has 22 heavy (non-hydrogen) atoms. The average molecular weight is 309 g/mol. The number of nitrogens with zero attached hydrogens (tertiary/aromatic N) is 3. The van der Waals surface area contributed by atoms with E-state index in [4.69, 9.17) is 4.74 Å². The summed E-state index contributed by atoms with van der Waals surface area (Å²) in [6.45, 7) is -1.04. The fourth-order valence-electron chi connectivity index (χ4n) is 2.12. The van der Waals surface area contributed by atoms with Crippen LogP contribution in [0.1, 0.15) is 35.6 Å². The van der Waals surface area contributed by atoms with Gasteiger partial charge in [-0.1, -0.05) is 12.1 Å². The maximum absolute atomic E-state index is 12.8. The van der Waals surface area contributed by atoms with E-state index in [1.807, 2.05) is 19.1 Å². The summed E-state index contributed by atoms with van der Waals surface area (Å²) < 4.78 is 31.2. The number of benzene rings is 1. The maximum atomic E-state index is 12.8. The van der Waals surface area contributed by atoms with E-state index in [0.29, 0.717) is 10.4 Å². The molecule has 0 N–H and O–H groups in total. The van der Waals surface area contributed by atoms with Crippen LogP contribution < -0.4 is 4.74 Å². The molecule has 0 saturated heterocycles. The van der Waals surface area contributed by atoms with E-state index in [0.717, 1.165) is 5.56 Å². The van der Waals surface area contributed by atoms with E-state index in [-0.39, 0.29) is 11.7 Å². The Morgan fingerprint density at radius 2 is 2.09 bits per heavy atom. The molecular weight excluding hydrogens is 292 g/mol. The van der Waals surface area contributed by atoms with E-state index < -0.39 is 12.5 Å². The summed E-state index contributed by atoms with van der Waals surface area (Å²) in [6.07, 6.45) is 1.18. The number of carbonyl (C=O) groups excluding carboxylic acids is 1. The molecule has 2 aromatic rings. The lowest BCUT2D eigenvalue weighted by atomic mass is 10.1. The normalized spacial score (nSPS) is 12.3. The molecule has 0 bridgehead atoms. The number of rotatable bonds is 5. The van der Waals surface area contributed by atoms with Crippen LogP contribution in [0.3, 0.4) is 0 Å². The van der Waals surface area contributed by atoms with Gasteiger partial charge in [0.15, 0.2) is 0 Å². The zero-order valence-corrected chi connectivity index (χ0v) is 12.5. The Labute approximate surface area is 127 Å². The molecule has 1 aromatic heterocycles. The fourth-order valence-corrected chi connectivity index (χ4v) is 2.12. The first kappa shape index (κ1) is 15.9. The predicted molar refractivity (Wildman–Crippen MR) is 77.0 cm³/mol. The van der Waals surface area contributed by atoms with E-state index in [1.165, 1.54) is 17.2 Å². The number of hydrogen-bond donors (Lipinski definition) is 0. The third-order valence-corrected chi connectivity index (χ3v) is 3.55. The highest BCUT2D eigenvalue weighted by atomic mass is 19.3. The molecule has 2 rings (SSSR count). The van der Waals surface area contributed by atoms with Gasteiger partial charge in [-0.3, -0.25) is 4.79 Å². The first-order valence-corrected chi connectivity index (χ1v) is 6.68. The van der Waals surface area contributed by atoms with Crippen molar-refractivity contribution in [2.45, 2.75) is 19.5 Å². The zero-order valence-electron chi connectivity index (χ0n) is 12.5. The van der Waals surface area contributed by atoms with Crippen molar-refractivity contribution < 1.29 is 18.3 Å². The number of methoxy groups -OCH3 is 1. The van der Waals surface area contributed by atoms with E-state index in [1.54, 1.807) is 26.3 Å². The van der Waals surface area contributed by atoms with Gasteiger partial charge in [-0.2, -0.15) is 18.6 Å². The summed E-state index contributed by atoms with van der Waals surface area (Å²) in [5.74, 6) is 0.149. The van der Waals surface area contributed by atoms with Gasteiger partial charge < -0.3 is 9.64 Å². The molecule has 0 spiro atoms. The largest absolute Gasteiger partial charge is 0.497 e. The summed E-state index contributed by atoms with van der Waals surface area (Å²) in [5.41, 5.74) is 0.700. The summed E-state index contributed by atoms with van der Waals surface area (Å²) in [4.78, 5) is 13.8. The standard InChI is InChI=1S/C15H17F2N3O2/c1-10(11-5-4-6-12(9-11)22-3)19(2)14(21)13-7-8-18-20(13)15(16)17/h4-10,15H,1-3H3/t10-/m1/s1. The highest BCUT2D eigenvalue weighted by Gasteiger charge is 2.24. The van der Waals surface area contributed by atoms with Crippen LogP contribution in [-0.2, 0) is 0 Å². The van der Waals surface area contributed by atoms with E-state index in [9.17, 15) is 13.6 Å². The highest BCUT2D eigenvalue weighted by molar-refractivity contribution is 5.92. The van der Waals surface area contributed by atoms with Gasteiger partial charge in [-0.25, -0.2) is 0 Å². The minimum atomic E-state index is -2.85. The predicted octanol–water partition coefficient (Wildman–Crippen LogP) is 3.12. The monoisotopic (exact) mass is 309 g/mol. The Morgan fingerprint density at radius 1 is 1.36 bits per heavy atom. The van der Waals surface area contributed by atoms with Gasteiger partial charge in [0.1, 0.15) is 11.4 Å². The third-order valence-electron chi connectivity index (χ3n) is 3.55. The summed E-state index contributed by atoms with van der Waals surface area (Å²) in [7, 11) is 3.12. The van der Waals surface area contributed by atoms with Gasteiger partial charge in [-0.05, 0) is 30.7 Å². The van der Waals surface area contributed by atoms with Crippen molar-refractivity contribution in [3.63, 3.8) is 0 Å². The van der Waals surface area contributed by atoms with Gasteiger partial charge in [0.05, 0.1) is 13.2 Å². The number of ether oxygens (including phenoxy) is 1. The number of amides is 1. The maximum Gasteiger partial charge on any atom is 0.333 e. The second kappa shape index (κ2) is 6.55.